The summed E-state index contributed by atoms with van der Waals surface area (Å²) in [4.78, 5) is 12.1. The van der Waals surface area contributed by atoms with Gasteiger partial charge in [-0.3, -0.25) is 4.79 Å². The van der Waals surface area contributed by atoms with E-state index < -0.39 is 0 Å². The quantitative estimate of drug-likeness (QED) is 0.840. The fourth-order valence-corrected chi connectivity index (χ4v) is 2.13. The largest absolute Gasteiger partial charge is 0.329 e. The van der Waals surface area contributed by atoms with Crippen LogP contribution in [0.2, 0.25) is 0 Å². The molecule has 4 nitrogen and oxygen atoms in total. The lowest BCUT2D eigenvalue weighted by atomic mass is 10.1. The van der Waals surface area contributed by atoms with Crippen molar-refractivity contribution < 1.29 is 4.79 Å². The summed E-state index contributed by atoms with van der Waals surface area (Å²) in [7, 11) is 0. The second kappa shape index (κ2) is 4.30. The standard InChI is InChI=1S/C13H17N3O/c1-8-4-9(2)6-11(5-8)16-13(17)12(7-14)10(3)15-16/h4-6,12H,7,14H2,1-3H3. The second-order valence-electron chi connectivity index (χ2n) is 4.53. The zero-order chi connectivity index (χ0) is 12.6. The normalized spacial score (nSPS) is 19.8. The lowest BCUT2D eigenvalue weighted by Crippen LogP contribution is -2.32. The van der Waals surface area contributed by atoms with Crippen LogP contribution >= 0.6 is 0 Å². The van der Waals surface area contributed by atoms with Crippen LogP contribution in [0.25, 0.3) is 0 Å². The molecule has 0 fully saturated rings. The number of carbonyl (C=O) groups excluding carboxylic acids is 1. The maximum absolute atomic E-state index is 12.1. The summed E-state index contributed by atoms with van der Waals surface area (Å²) < 4.78 is 0. The van der Waals surface area contributed by atoms with Gasteiger partial charge in [0.2, 0.25) is 0 Å². The monoisotopic (exact) mass is 231 g/mol. The number of rotatable bonds is 2. The summed E-state index contributed by atoms with van der Waals surface area (Å²) >= 11 is 0. The summed E-state index contributed by atoms with van der Waals surface area (Å²) in [5, 5.41) is 5.76. The fourth-order valence-electron chi connectivity index (χ4n) is 2.13. The molecule has 1 unspecified atom stereocenters. The number of hydrogen-bond donors (Lipinski definition) is 1. The average molecular weight is 231 g/mol. The van der Waals surface area contributed by atoms with E-state index in [9.17, 15) is 4.79 Å². The predicted octanol–water partition coefficient (Wildman–Crippen LogP) is 1.60. The maximum Gasteiger partial charge on any atom is 0.257 e. The molecule has 1 aliphatic heterocycles. The lowest BCUT2D eigenvalue weighted by Gasteiger charge is -2.15. The van der Waals surface area contributed by atoms with Crippen LogP contribution in [-0.2, 0) is 4.79 Å². The van der Waals surface area contributed by atoms with Crippen molar-refractivity contribution in [1.29, 1.82) is 0 Å². The number of nitrogens with two attached hydrogens (primary N) is 1. The van der Waals surface area contributed by atoms with Gasteiger partial charge in [0.25, 0.3) is 5.91 Å². The Balaban J connectivity index is 2.39. The van der Waals surface area contributed by atoms with Crippen molar-refractivity contribution in [2.75, 3.05) is 11.6 Å². The van der Waals surface area contributed by atoms with Gasteiger partial charge in [0.05, 0.1) is 11.6 Å². The zero-order valence-electron chi connectivity index (χ0n) is 10.4. The van der Waals surface area contributed by atoms with Crippen LogP contribution in [0, 0.1) is 19.8 Å². The van der Waals surface area contributed by atoms with Crippen LogP contribution in [0.5, 0.6) is 0 Å². The van der Waals surface area contributed by atoms with Gasteiger partial charge in [0.1, 0.15) is 0 Å². The Morgan fingerprint density at radius 2 is 1.82 bits per heavy atom. The molecule has 0 aromatic heterocycles. The lowest BCUT2D eigenvalue weighted by molar-refractivity contribution is -0.119. The molecule has 0 saturated carbocycles. The minimum absolute atomic E-state index is 0.0324. The number of nitrogens with zero attached hydrogens (tertiary/aromatic N) is 2. The molecule has 1 heterocycles. The molecule has 17 heavy (non-hydrogen) atoms. The Bertz CT molecular complexity index is 473. The number of hydrogen-bond acceptors (Lipinski definition) is 3. The molecular formula is C13H17N3O. The van der Waals surface area contributed by atoms with Crippen LogP contribution in [0.3, 0.4) is 0 Å². The molecule has 2 rings (SSSR count). The van der Waals surface area contributed by atoms with Gasteiger partial charge in [0, 0.05) is 12.3 Å². The van der Waals surface area contributed by atoms with E-state index in [0.717, 1.165) is 22.5 Å². The molecular weight excluding hydrogens is 214 g/mol. The number of anilines is 1. The van der Waals surface area contributed by atoms with Crippen LogP contribution in [0.4, 0.5) is 5.69 Å². The van der Waals surface area contributed by atoms with E-state index in [4.69, 9.17) is 5.73 Å². The molecule has 2 N–H and O–H groups in total. The van der Waals surface area contributed by atoms with Crippen molar-refractivity contribution in [1.82, 2.24) is 0 Å². The SMILES string of the molecule is CC1=NN(c2cc(C)cc(C)c2)C(=O)C1CN. The number of carbonyl (C=O) groups is 1. The Morgan fingerprint density at radius 1 is 1.24 bits per heavy atom. The molecule has 1 aliphatic rings. The highest BCUT2D eigenvalue weighted by Gasteiger charge is 2.33. The summed E-state index contributed by atoms with van der Waals surface area (Å²) in [6, 6.07) is 5.99. The highest BCUT2D eigenvalue weighted by molar-refractivity contribution is 6.15. The van der Waals surface area contributed by atoms with Crippen molar-refractivity contribution in [2.24, 2.45) is 16.8 Å². The third kappa shape index (κ3) is 2.08. The van der Waals surface area contributed by atoms with Crippen molar-refractivity contribution >= 4 is 17.3 Å². The van der Waals surface area contributed by atoms with Gasteiger partial charge < -0.3 is 5.73 Å². The maximum atomic E-state index is 12.1. The third-order valence-electron chi connectivity index (χ3n) is 2.96. The van der Waals surface area contributed by atoms with Crippen LogP contribution in [-0.4, -0.2) is 18.2 Å². The van der Waals surface area contributed by atoms with E-state index >= 15 is 0 Å². The van der Waals surface area contributed by atoms with E-state index in [1.54, 1.807) is 0 Å². The van der Waals surface area contributed by atoms with E-state index in [2.05, 4.69) is 11.2 Å². The summed E-state index contributed by atoms with van der Waals surface area (Å²) in [5.41, 5.74) is 9.44. The molecule has 1 aromatic rings. The molecule has 90 valence electrons. The molecule has 1 aromatic carbocycles. The number of aryl methyl sites for hydroxylation is 2. The Kier molecular flexibility index (Phi) is 2.98. The molecule has 0 saturated heterocycles. The predicted molar refractivity (Wildman–Crippen MR) is 69.1 cm³/mol. The molecule has 0 radical (unpaired) electrons. The summed E-state index contributed by atoms with van der Waals surface area (Å²) in [6.07, 6.45) is 0. The van der Waals surface area contributed by atoms with Crippen LogP contribution in [0.1, 0.15) is 18.1 Å². The molecule has 0 aliphatic carbocycles. The zero-order valence-corrected chi connectivity index (χ0v) is 10.4. The minimum Gasteiger partial charge on any atom is -0.329 e. The molecule has 0 bridgehead atoms. The first-order valence-corrected chi connectivity index (χ1v) is 5.70. The Hall–Kier alpha value is -1.68. The number of hydrazone groups is 1. The molecule has 1 amide bonds. The molecule has 4 heteroatoms. The molecule has 1 atom stereocenters. The number of amides is 1. The Morgan fingerprint density at radius 3 is 2.29 bits per heavy atom. The highest BCUT2D eigenvalue weighted by atomic mass is 16.2. The van der Waals surface area contributed by atoms with Crippen molar-refractivity contribution in [3.63, 3.8) is 0 Å². The molecule has 0 spiro atoms. The van der Waals surface area contributed by atoms with Crippen molar-refractivity contribution in [3.8, 4) is 0 Å². The average Bonchev–Trinajstić information content (AvgIpc) is 2.52. The van der Waals surface area contributed by atoms with E-state index in [-0.39, 0.29) is 11.8 Å². The smallest absolute Gasteiger partial charge is 0.257 e. The first-order valence-electron chi connectivity index (χ1n) is 5.70. The van der Waals surface area contributed by atoms with E-state index in [1.165, 1.54) is 5.01 Å². The minimum atomic E-state index is -0.268. The van der Waals surface area contributed by atoms with Crippen molar-refractivity contribution in [3.05, 3.63) is 29.3 Å². The van der Waals surface area contributed by atoms with Crippen LogP contribution < -0.4 is 10.7 Å². The van der Waals surface area contributed by atoms with Gasteiger partial charge in [-0.15, -0.1) is 0 Å². The first kappa shape index (κ1) is 11.8. The summed E-state index contributed by atoms with van der Waals surface area (Å²) in [5.74, 6) is -0.300. The summed E-state index contributed by atoms with van der Waals surface area (Å²) in [6.45, 7) is 6.18. The van der Waals surface area contributed by atoms with Gasteiger partial charge in [-0.1, -0.05) is 6.07 Å². The van der Waals surface area contributed by atoms with Crippen LogP contribution in [0.15, 0.2) is 23.3 Å². The highest BCUT2D eigenvalue weighted by Crippen LogP contribution is 2.25. The van der Waals surface area contributed by atoms with Gasteiger partial charge in [-0.05, 0) is 44.0 Å². The first-order chi connectivity index (χ1) is 8.02. The van der Waals surface area contributed by atoms with Gasteiger partial charge in [0.15, 0.2) is 0 Å². The van der Waals surface area contributed by atoms with Crippen molar-refractivity contribution in [2.45, 2.75) is 20.8 Å². The van der Waals surface area contributed by atoms with E-state index in [1.807, 2.05) is 32.9 Å². The second-order valence-corrected chi connectivity index (χ2v) is 4.53. The van der Waals surface area contributed by atoms with Gasteiger partial charge in [-0.25, -0.2) is 5.01 Å². The van der Waals surface area contributed by atoms with Gasteiger partial charge >= 0.3 is 0 Å². The number of benzene rings is 1. The van der Waals surface area contributed by atoms with E-state index in [0.29, 0.717) is 6.54 Å². The topological polar surface area (TPSA) is 58.7 Å². The third-order valence-corrected chi connectivity index (χ3v) is 2.96. The van der Waals surface area contributed by atoms with Gasteiger partial charge in [-0.2, -0.15) is 5.10 Å². The Labute approximate surface area is 101 Å². The fraction of sp³-hybridized carbons (Fsp3) is 0.385.